The number of halogens is 1. The first-order chi connectivity index (χ1) is 29.5. The minimum Gasteiger partial charge on any atom is -0.486 e. The fourth-order valence-electron chi connectivity index (χ4n) is 8.91. The Morgan fingerprint density at radius 2 is 1.79 bits per heavy atom. The quantitative estimate of drug-likeness (QED) is 0.119. The normalized spacial score (nSPS) is 20.6. The molecule has 320 valence electrons. The van der Waals surface area contributed by atoms with Crippen LogP contribution in [0.1, 0.15) is 107 Å². The summed E-state index contributed by atoms with van der Waals surface area (Å²) in [7, 11) is 2.01. The summed E-state index contributed by atoms with van der Waals surface area (Å²) in [4.78, 5) is 27.4. The first-order valence-electron chi connectivity index (χ1n) is 21.8. The van der Waals surface area contributed by atoms with E-state index in [0.717, 1.165) is 83.5 Å². The molecule has 3 saturated heterocycles. The number of hydrogen-bond acceptors (Lipinski definition) is 10. The molecular weight excluding hydrogens is 776 g/mol. The van der Waals surface area contributed by atoms with Crippen molar-refractivity contribution in [2.24, 2.45) is 0 Å². The largest absolute Gasteiger partial charge is 0.486 e. The van der Waals surface area contributed by atoms with Crippen molar-refractivity contribution in [3.8, 4) is 35.2 Å². The molecule has 5 aromatic rings. The van der Waals surface area contributed by atoms with E-state index >= 15 is 4.39 Å². The zero-order valence-corrected chi connectivity index (χ0v) is 35.8. The van der Waals surface area contributed by atoms with Crippen LogP contribution in [0, 0.1) is 25.1 Å². The summed E-state index contributed by atoms with van der Waals surface area (Å²) in [6.07, 6.45) is 14.2. The number of amides is 1. The first kappa shape index (κ1) is 40.9. The van der Waals surface area contributed by atoms with E-state index in [0.29, 0.717) is 67.5 Å². The number of terminal acetylenes is 1. The molecule has 1 saturated carbocycles. The maximum Gasteiger partial charge on any atom is 0.410 e. The van der Waals surface area contributed by atoms with Crippen molar-refractivity contribution >= 4 is 33.7 Å². The van der Waals surface area contributed by atoms with Gasteiger partial charge in [0.05, 0.1) is 17.8 Å². The third kappa shape index (κ3) is 8.45. The molecule has 0 bridgehead atoms. The predicted molar refractivity (Wildman–Crippen MR) is 232 cm³/mol. The summed E-state index contributed by atoms with van der Waals surface area (Å²) in [5.41, 5.74) is 5.33. The van der Waals surface area contributed by atoms with E-state index < -0.39 is 5.60 Å². The molecule has 13 heteroatoms. The van der Waals surface area contributed by atoms with Gasteiger partial charge in [-0.1, -0.05) is 18.1 Å². The Hall–Kier alpha value is -5.45. The molecule has 5 heterocycles. The number of rotatable bonds is 11. The van der Waals surface area contributed by atoms with Gasteiger partial charge in [0.25, 0.3) is 0 Å². The van der Waals surface area contributed by atoms with Gasteiger partial charge in [0, 0.05) is 72.9 Å². The second kappa shape index (κ2) is 16.8. The Bertz CT molecular complexity index is 2480. The predicted octanol–water partition coefficient (Wildman–Crippen LogP) is 9.23. The van der Waals surface area contributed by atoms with Crippen LogP contribution in [0.25, 0.3) is 32.9 Å². The van der Waals surface area contributed by atoms with E-state index in [1.165, 1.54) is 0 Å². The van der Waals surface area contributed by atoms with Gasteiger partial charge >= 0.3 is 12.1 Å². The number of likely N-dealkylation sites (tertiary alicyclic amines) is 1. The maximum absolute atomic E-state index is 16.5. The van der Waals surface area contributed by atoms with Gasteiger partial charge in [-0.3, -0.25) is 0 Å². The van der Waals surface area contributed by atoms with Crippen LogP contribution in [0.3, 0.4) is 0 Å². The van der Waals surface area contributed by atoms with Crippen LogP contribution in [-0.2, 0) is 20.8 Å². The fourth-order valence-corrected chi connectivity index (χ4v) is 8.91. The molecule has 1 aliphatic carbocycles. The van der Waals surface area contributed by atoms with E-state index in [-0.39, 0.29) is 48.8 Å². The Kier molecular flexibility index (Phi) is 11.3. The van der Waals surface area contributed by atoms with Crippen LogP contribution >= 0.6 is 0 Å². The number of hydrogen-bond donors (Lipinski definition) is 0. The molecule has 0 radical (unpaired) electrons. The smallest absolute Gasteiger partial charge is 0.410 e. The lowest BCUT2D eigenvalue weighted by Gasteiger charge is -2.29. The molecule has 1 unspecified atom stereocenters. The molecule has 4 aliphatic rings. The van der Waals surface area contributed by atoms with Crippen molar-refractivity contribution < 1.29 is 32.9 Å². The minimum atomic E-state index is -0.607. The number of benzene rings is 3. The standard InChI is InChI=1S/C48H55FN6O6/c1-7-30-13-15-31(16-14-30)27-59-44-42(41-29(2)38(49)24-39-37(41)25-50-55(39)40-12-8-9-21-58-40)35(32-17-18-32)23-36-43(44)51-46(60-28-34-11-10-22-57-34)52-45(36)53(6)33-19-20-54(26-33)47(56)61-48(3,4)5/h1,13-16,23-25,32-34,40H,8-12,17-22,26-28H2,2-6H3/t33-,34+,40?/m0/s1. The molecule has 1 amide bonds. The molecule has 2 aromatic heterocycles. The molecule has 3 atom stereocenters. The topological polar surface area (TPSA) is 113 Å². The highest BCUT2D eigenvalue weighted by molar-refractivity contribution is 6.06. The third-order valence-corrected chi connectivity index (χ3v) is 12.4. The number of nitrogens with zero attached hydrogens (tertiary/aromatic N) is 6. The second-order valence-electron chi connectivity index (χ2n) is 17.9. The van der Waals surface area contributed by atoms with Gasteiger partial charge in [0.1, 0.15) is 36.0 Å². The van der Waals surface area contributed by atoms with Crippen molar-refractivity contribution in [1.29, 1.82) is 0 Å². The van der Waals surface area contributed by atoms with Gasteiger partial charge in [-0.05, 0) is 120 Å². The highest BCUT2D eigenvalue weighted by Gasteiger charge is 2.37. The fraction of sp³-hybridized carbons (Fsp3) is 0.500. The van der Waals surface area contributed by atoms with Gasteiger partial charge in [0.15, 0.2) is 12.0 Å². The number of fused-ring (bicyclic) bond motifs is 2. The molecule has 0 spiro atoms. The Morgan fingerprint density at radius 1 is 0.984 bits per heavy atom. The van der Waals surface area contributed by atoms with E-state index in [9.17, 15) is 4.79 Å². The molecule has 61 heavy (non-hydrogen) atoms. The van der Waals surface area contributed by atoms with Gasteiger partial charge in [-0.25, -0.2) is 13.9 Å². The molecule has 12 nitrogen and oxygen atoms in total. The van der Waals surface area contributed by atoms with Crippen molar-refractivity contribution in [1.82, 2.24) is 24.6 Å². The Labute approximate surface area is 356 Å². The van der Waals surface area contributed by atoms with Crippen LogP contribution in [0.2, 0.25) is 0 Å². The van der Waals surface area contributed by atoms with E-state index in [4.69, 9.17) is 45.2 Å². The highest BCUT2D eigenvalue weighted by Crippen LogP contribution is 2.53. The molecule has 3 aromatic carbocycles. The van der Waals surface area contributed by atoms with E-state index in [1.807, 2.05) is 69.9 Å². The number of aromatic nitrogens is 4. The van der Waals surface area contributed by atoms with Crippen LogP contribution in [0.4, 0.5) is 15.0 Å². The lowest BCUT2D eigenvalue weighted by molar-refractivity contribution is -0.0366. The molecule has 9 rings (SSSR count). The summed E-state index contributed by atoms with van der Waals surface area (Å²) in [5.74, 6) is 3.73. The van der Waals surface area contributed by atoms with Gasteiger partial charge in [0.2, 0.25) is 0 Å². The minimum absolute atomic E-state index is 0.0693. The van der Waals surface area contributed by atoms with Crippen LogP contribution < -0.4 is 14.4 Å². The average Bonchev–Trinajstić information content (AvgIpc) is 3.57. The van der Waals surface area contributed by atoms with E-state index in [2.05, 4.69) is 16.9 Å². The zero-order valence-electron chi connectivity index (χ0n) is 35.8. The molecule has 0 N–H and O–H groups in total. The molecule has 4 fully saturated rings. The second-order valence-corrected chi connectivity index (χ2v) is 17.9. The maximum atomic E-state index is 16.5. The summed E-state index contributed by atoms with van der Waals surface area (Å²) in [5, 5.41) is 6.43. The monoisotopic (exact) mass is 830 g/mol. The lowest BCUT2D eigenvalue weighted by Crippen LogP contribution is -2.39. The average molecular weight is 831 g/mol. The summed E-state index contributed by atoms with van der Waals surface area (Å²) in [6, 6.07) is 11.6. The van der Waals surface area contributed by atoms with Crippen molar-refractivity contribution in [2.75, 3.05) is 44.9 Å². The van der Waals surface area contributed by atoms with Crippen LogP contribution in [0.5, 0.6) is 11.8 Å². The number of likely N-dealkylation sites (N-methyl/N-ethyl adjacent to an activating group) is 1. The van der Waals surface area contributed by atoms with Crippen LogP contribution in [0.15, 0.2) is 42.6 Å². The Balaban J connectivity index is 1.24. The number of anilines is 1. The van der Waals surface area contributed by atoms with Gasteiger partial charge < -0.3 is 33.5 Å². The SMILES string of the molecule is C#Cc1ccc(COc2c(-c3c(C)c(F)cc4c3cnn4C3CCCCO3)c(C3CC3)cc3c(N(C)[C@H]4CCN(C(=O)OC(C)(C)C)C4)nc(OC[C@H]4CCCO4)nc23)cc1. The first-order valence-corrected chi connectivity index (χ1v) is 21.8. The number of ether oxygens (including phenoxy) is 5. The summed E-state index contributed by atoms with van der Waals surface area (Å²) in [6.45, 7) is 10.3. The Morgan fingerprint density at radius 3 is 2.49 bits per heavy atom. The lowest BCUT2D eigenvalue weighted by atomic mass is 9.88. The van der Waals surface area contributed by atoms with Gasteiger partial charge in [-0.2, -0.15) is 15.1 Å². The molecular formula is C48H55FN6O6. The van der Waals surface area contributed by atoms with Crippen LogP contribution in [-0.4, -0.2) is 88.4 Å². The summed E-state index contributed by atoms with van der Waals surface area (Å²) < 4.78 is 49.7. The highest BCUT2D eigenvalue weighted by atomic mass is 19.1. The van der Waals surface area contributed by atoms with Gasteiger partial charge in [-0.15, -0.1) is 6.42 Å². The van der Waals surface area contributed by atoms with Crippen molar-refractivity contribution in [3.05, 3.63) is 70.7 Å². The van der Waals surface area contributed by atoms with E-state index in [1.54, 1.807) is 11.0 Å². The molecule has 3 aliphatic heterocycles. The third-order valence-electron chi connectivity index (χ3n) is 12.4. The number of carbonyl (C=O) groups is 1. The van der Waals surface area contributed by atoms with Crippen molar-refractivity contribution in [2.45, 2.75) is 116 Å². The number of carbonyl (C=O) groups excluding carboxylic acids is 1. The summed E-state index contributed by atoms with van der Waals surface area (Å²) >= 11 is 0. The zero-order chi connectivity index (χ0) is 42.4. The van der Waals surface area contributed by atoms with Crippen molar-refractivity contribution in [3.63, 3.8) is 0 Å².